The first-order chi connectivity index (χ1) is 9.52. The van der Waals surface area contributed by atoms with E-state index < -0.39 is 0 Å². The maximum atomic E-state index is 12.4. The monoisotopic (exact) mass is 296 g/mol. The van der Waals surface area contributed by atoms with E-state index in [2.05, 4.69) is 0 Å². The van der Waals surface area contributed by atoms with Crippen LogP contribution in [0.3, 0.4) is 0 Å². The highest BCUT2D eigenvalue weighted by atomic mass is 35.5. The van der Waals surface area contributed by atoms with Crippen LogP contribution in [-0.2, 0) is 9.53 Å². The van der Waals surface area contributed by atoms with Crippen molar-refractivity contribution in [3.8, 4) is 0 Å². The molecule has 1 aromatic rings. The second kappa shape index (κ2) is 6.13. The van der Waals surface area contributed by atoms with Gasteiger partial charge in [-0.3, -0.25) is 9.59 Å². The van der Waals surface area contributed by atoms with Crippen molar-refractivity contribution in [1.29, 1.82) is 0 Å². The minimum Gasteiger partial charge on any atom is -0.469 e. The molecule has 108 valence electrons. The van der Waals surface area contributed by atoms with Crippen LogP contribution in [0.4, 0.5) is 5.69 Å². The van der Waals surface area contributed by atoms with Crippen LogP contribution in [0.2, 0.25) is 5.02 Å². The van der Waals surface area contributed by atoms with Crippen molar-refractivity contribution in [2.45, 2.75) is 12.8 Å². The molecular formula is C14H17ClN2O3. The van der Waals surface area contributed by atoms with Crippen molar-refractivity contribution in [2.75, 3.05) is 25.9 Å². The average molecular weight is 297 g/mol. The van der Waals surface area contributed by atoms with Crippen molar-refractivity contribution in [3.63, 3.8) is 0 Å². The minimum absolute atomic E-state index is 0.173. The van der Waals surface area contributed by atoms with Gasteiger partial charge in [-0.15, -0.1) is 0 Å². The predicted octanol–water partition coefficient (Wildman–Crippen LogP) is 1.95. The van der Waals surface area contributed by atoms with Crippen molar-refractivity contribution in [2.24, 2.45) is 5.92 Å². The molecular weight excluding hydrogens is 280 g/mol. The normalized spacial score (nSPS) is 18.7. The van der Waals surface area contributed by atoms with Crippen molar-refractivity contribution >= 4 is 29.2 Å². The Kier molecular flexibility index (Phi) is 4.49. The van der Waals surface area contributed by atoms with E-state index >= 15 is 0 Å². The summed E-state index contributed by atoms with van der Waals surface area (Å²) in [5.41, 5.74) is 6.59. The van der Waals surface area contributed by atoms with E-state index in [1.807, 2.05) is 0 Å². The maximum Gasteiger partial charge on any atom is 0.310 e. The molecule has 1 unspecified atom stereocenters. The SMILES string of the molecule is COC(=O)C1CCCN(C(=O)c2ccc(Cl)cc2N)C1. The molecule has 1 aromatic carbocycles. The highest BCUT2D eigenvalue weighted by Gasteiger charge is 2.30. The average Bonchev–Trinajstić information content (AvgIpc) is 2.46. The zero-order chi connectivity index (χ0) is 14.7. The molecule has 1 fully saturated rings. The molecule has 1 aliphatic heterocycles. The molecule has 2 N–H and O–H groups in total. The van der Waals surface area contributed by atoms with Crippen LogP contribution in [0.15, 0.2) is 18.2 Å². The van der Waals surface area contributed by atoms with Gasteiger partial charge in [0.25, 0.3) is 5.91 Å². The Hall–Kier alpha value is -1.75. The fraction of sp³-hybridized carbons (Fsp3) is 0.429. The molecule has 0 radical (unpaired) electrons. The van der Waals surface area contributed by atoms with Crippen LogP contribution in [0, 0.1) is 5.92 Å². The topological polar surface area (TPSA) is 72.6 Å². The van der Waals surface area contributed by atoms with E-state index in [9.17, 15) is 9.59 Å². The lowest BCUT2D eigenvalue weighted by Crippen LogP contribution is -2.42. The number of nitrogen functional groups attached to an aromatic ring is 1. The molecule has 0 saturated carbocycles. The third kappa shape index (κ3) is 3.04. The van der Waals surface area contributed by atoms with Crippen molar-refractivity contribution < 1.29 is 14.3 Å². The van der Waals surface area contributed by atoms with Crippen LogP contribution in [0.25, 0.3) is 0 Å². The summed E-state index contributed by atoms with van der Waals surface area (Å²) in [4.78, 5) is 25.7. The number of hydrogen-bond donors (Lipinski definition) is 1. The molecule has 1 saturated heterocycles. The van der Waals surface area contributed by atoms with E-state index in [1.54, 1.807) is 23.1 Å². The molecule has 2 rings (SSSR count). The second-order valence-corrected chi connectivity index (χ2v) is 5.28. The number of piperidine rings is 1. The van der Waals surface area contributed by atoms with Gasteiger partial charge in [-0.1, -0.05) is 11.6 Å². The Morgan fingerprint density at radius 2 is 2.20 bits per heavy atom. The smallest absolute Gasteiger partial charge is 0.310 e. The maximum absolute atomic E-state index is 12.4. The fourth-order valence-corrected chi connectivity index (χ4v) is 2.60. The van der Waals surface area contributed by atoms with Gasteiger partial charge in [0.05, 0.1) is 18.6 Å². The lowest BCUT2D eigenvalue weighted by atomic mass is 9.97. The van der Waals surface area contributed by atoms with Gasteiger partial charge in [-0.05, 0) is 31.0 Å². The summed E-state index contributed by atoms with van der Waals surface area (Å²) in [6, 6.07) is 4.80. The first-order valence-electron chi connectivity index (χ1n) is 6.45. The van der Waals surface area contributed by atoms with Crippen LogP contribution in [-0.4, -0.2) is 37.0 Å². The number of methoxy groups -OCH3 is 1. The third-order valence-corrected chi connectivity index (χ3v) is 3.72. The number of hydrogen-bond acceptors (Lipinski definition) is 4. The number of ether oxygens (including phenoxy) is 1. The van der Waals surface area contributed by atoms with Crippen LogP contribution < -0.4 is 5.73 Å². The Morgan fingerprint density at radius 1 is 1.45 bits per heavy atom. The van der Waals surface area contributed by atoms with E-state index in [0.29, 0.717) is 29.4 Å². The number of benzene rings is 1. The number of amides is 1. The second-order valence-electron chi connectivity index (χ2n) is 4.85. The summed E-state index contributed by atoms with van der Waals surface area (Å²) in [6.07, 6.45) is 1.52. The molecule has 0 aliphatic carbocycles. The zero-order valence-corrected chi connectivity index (χ0v) is 12.0. The summed E-state index contributed by atoms with van der Waals surface area (Å²) in [7, 11) is 1.36. The molecule has 0 aromatic heterocycles. The highest BCUT2D eigenvalue weighted by molar-refractivity contribution is 6.31. The van der Waals surface area contributed by atoms with Gasteiger partial charge in [-0.2, -0.15) is 0 Å². The van der Waals surface area contributed by atoms with Gasteiger partial charge >= 0.3 is 5.97 Å². The minimum atomic E-state index is -0.272. The van der Waals surface area contributed by atoms with Gasteiger partial charge in [0.1, 0.15) is 0 Å². The lowest BCUT2D eigenvalue weighted by molar-refractivity contribution is -0.146. The molecule has 1 atom stereocenters. The number of nitrogens with two attached hydrogens (primary N) is 1. The summed E-state index contributed by atoms with van der Waals surface area (Å²) < 4.78 is 4.74. The number of likely N-dealkylation sites (tertiary alicyclic amines) is 1. The number of anilines is 1. The van der Waals surface area contributed by atoms with E-state index in [4.69, 9.17) is 22.1 Å². The number of carbonyl (C=O) groups is 2. The van der Waals surface area contributed by atoms with Gasteiger partial charge in [0, 0.05) is 23.8 Å². The molecule has 0 bridgehead atoms. The molecule has 20 heavy (non-hydrogen) atoms. The van der Waals surface area contributed by atoms with Gasteiger partial charge in [0.15, 0.2) is 0 Å². The molecule has 0 spiro atoms. The Labute approximate surface area is 122 Å². The first-order valence-corrected chi connectivity index (χ1v) is 6.83. The number of nitrogens with zero attached hydrogens (tertiary/aromatic N) is 1. The van der Waals surface area contributed by atoms with Gasteiger partial charge < -0.3 is 15.4 Å². The standard InChI is InChI=1S/C14H17ClN2O3/c1-20-14(19)9-3-2-6-17(8-9)13(18)11-5-4-10(15)7-12(11)16/h4-5,7,9H,2-3,6,8,16H2,1H3. The van der Waals surface area contributed by atoms with Gasteiger partial charge in [0.2, 0.25) is 0 Å². The molecule has 6 heteroatoms. The fourth-order valence-electron chi connectivity index (χ4n) is 2.42. The van der Waals surface area contributed by atoms with Crippen molar-refractivity contribution in [3.05, 3.63) is 28.8 Å². The Morgan fingerprint density at radius 3 is 2.85 bits per heavy atom. The quantitative estimate of drug-likeness (QED) is 0.669. The molecule has 5 nitrogen and oxygen atoms in total. The largest absolute Gasteiger partial charge is 0.469 e. The van der Waals surface area contributed by atoms with E-state index in [0.717, 1.165) is 12.8 Å². The number of rotatable bonds is 2. The molecule has 1 aliphatic rings. The summed E-state index contributed by atoms with van der Waals surface area (Å²) in [6.45, 7) is 0.988. The lowest BCUT2D eigenvalue weighted by Gasteiger charge is -2.31. The van der Waals surface area contributed by atoms with Gasteiger partial charge in [-0.25, -0.2) is 0 Å². The number of esters is 1. The zero-order valence-electron chi connectivity index (χ0n) is 11.3. The predicted molar refractivity (Wildman–Crippen MR) is 76.5 cm³/mol. The van der Waals surface area contributed by atoms with Crippen LogP contribution in [0.1, 0.15) is 23.2 Å². The number of halogens is 1. The van der Waals surface area contributed by atoms with E-state index in [-0.39, 0.29) is 17.8 Å². The van der Waals surface area contributed by atoms with E-state index in [1.165, 1.54) is 7.11 Å². The first kappa shape index (κ1) is 14.7. The number of carbonyl (C=O) groups excluding carboxylic acids is 2. The summed E-state index contributed by atoms with van der Waals surface area (Å²) >= 11 is 5.82. The Balaban J connectivity index is 2.14. The summed E-state index contributed by atoms with van der Waals surface area (Å²) in [5, 5.41) is 0.491. The molecule has 1 amide bonds. The highest BCUT2D eigenvalue weighted by Crippen LogP contribution is 2.23. The van der Waals surface area contributed by atoms with Crippen LogP contribution >= 0.6 is 11.6 Å². The third-order valence-electron chi connectivity index (χ3n) is 3.49. The van der Waals surface area contributed by atoms with Crippen molar-refractivity contribution in [1.82, 2.24) is 4.90 Å². The molecule has 1 heterocycles. The Bertz CT molecular complexity index is 533. The van der Waals surface area contributed by atoms with Crippen LogP contribution in [0.5, 0.6) is 0 Å². The summed E-state index contributed by atoms with van der Waals surface area (Å²) in [5.74, 6) is -0.703.